The number of hydrogen-bond donors (Lipinski definition) is 2. The van der Waals surface area contributed by atoms with E-state index in [-0.39, 0.29) is 11.7 Å². The van der Waals surface area contributed by atoms with Crippen LogP contribution in [0.25, 0.3) is 0 Å². The maximum atomic E-state index is 12.4. The van der Waals surface area contributed by atoms with Crippen LogP contribution in [0, 0.1) is 17.2 Å². The van der Waals surface area contributed by atoms with Crippen molar-refractivity contribution in [3.63, 3.8) is 0 Å². The molecule has 4 rings (SSSR count). The second-order valence-electron chi connectivity index (χ2n) is 7.28. The number of aromatic amines is 1. The second-order valence-corrected chi connectivity index (χ2v) is 9.33. The Balaban J connectivity index is 1.32. The molecular formula is C19H23N5OS2. The molecule has 0 radical (unpaired) electrons. The SMILES string of the molecule is N#Cc1c(NC(=O)CSc2n[nH]c(CC3CCCC3)n2)sc2c1CCCC2. The van der Waals surface area contributed by atoms with Crippen molar-refractivity contribution in [2.24, 2.45) is 5.92 Å². The molecule has 2 aromatic heterocycles. The van der Waals surface area contributed by atoms with Gasteiger partial charge in [0.2, 0.25) is 11.1 Å². The number of thiophene rings is 1. The van der Waals surface area contributed by atoms with Crippen molar-refractivity contribution in [2.75, 3.05) is 11.1 Å². The van der Waals surface area contributed by atoms with Gasteiger partial charge in [0.25, 0.3) is 0 Å². The van der Waals surface area contributed by atoms with Gasteiger partial charge in [0, 0.05) is 11.3 Å². The third-order valence-electron chi connectivity index (χ3n) is 5.34. The lowest BCUT2D eigenvalue weighted by atomic mass is 9.96. The van der Waals surface area contributed by atoms with E-state index in [9.17, 15) is 10.1 Å². The minimum Gasteiger partial charge on any atom is -0.316 e. The zero-order chi connectivity index (χ0) is 18.6. The number of anilines is 1. The Morgan fingerprint density at radius 1 is 1.30 bits per heavy atom. The van der Waals surface area contributed by atoms with Gasteiger partial charge in [0.1, 0.15) is 16.9 Å². The van der Waals surface area contributed by atoms with Gasteiger partial charge in [-0.3, -0.25) is 9.89 Å². The zero-order valence-electron chi connectivity index (χ0n) is 15.2. The first-order valence-corrected chi connectivity index (χ1v) is 11.4. The van der Waals surface area contributed by atoms with Gasteiger partial charge in [0.15, 0.2) is 0 Å². The van der Waals surface area contributed by atoms with Gasteiger partial charge in [-0.05, 0) is 37.2 Å². The fraction of sp³-hybridized carbons (Fsp3) is 0.579. The molecule has 0 bridgehead atoms. The van der Waals surface area contributed by atoms with Crippen LogP contribution in [0.3, 0.4) is 0 Å². The molecule has 1 amide bonds. The smallest absolute Gasteiger partial charge is 0.235 e. The maximum absolute atomic E-state index is 12.4. The molecule has 2 aromatic rings. The predicted molar refractivity (Wildman–Crippen MR) is 107 cm³/mol. The highest BCUT2D eigenvalue weighted by Crippen LogP contribution is 2.37. The molecule has 2 N–H and O–H groups in total. The highest BCUT2D eigenvalue weighted by molar-refractivity contribution is 7.99. The molecule has 2 aliphatic carbocycles. The summed E-state index contributed by atoms with van der Waals surface area (Å²) in [5.74, 6) is 1.77. The van der Waals surface area contributed by atoms with E-state index in [2.05, 4.69) is 26.6 Å². The molecule has 2 aliphatic rings. The van der Waals surface area contributed by atoms with Crippen LogP contribution >= 0.6 is 23.1 Å². The van der Waals surface area contributed by atoms with Gasteiger partial charge in [-0.25, -0.2) is 4.98 Å². The maximum Gasteiger partial charge on any atom is 0.235 e. The van der Waals surface area contributed by atoms with E-state index in [1.54, 1.807) is 11.3 Å². The third-order valence-corrected chi connectivity index (χ3v) is 7.39. The van der Waals surface area contributed by atoms with E-state index >= 15 is 0 Å². The fourth-order valence-electron chi connectivity index (χ4n) is 3.99. The van der Waals surface area contributed by atoms with E-state index in [0.29, 0.717) is 21.6 Å². The van der Waals surface area contributed by atoms with Crippen molar-refractivity contribution in [1.82, 2.24) is 15.2 Å². The van der Waals surface area contributed by atoms with E-state index < -0.39 is 0 Å². The molecule has 2 heterocycles. The highest BCUT2D eigenvalue weighted by Gasteiger charge is 2.22. The summed E-state index contributed by atoms with van der Waals surface area (Å²) in [6.07, 6.45) is 10.4. The average molecular weight is 402 g/mol. The van der Waals surface area contributed by atoms with Gasteiger partial charge in [-0.1, -0.05) is 37.4 Å². The average Bonchev–Trinajstić information content (AvgIpc) is 3.40. The summed E-state index contributed by atoms with van der Waals surface area (Å²) in [7, 11) is 0. The molecule has 6 nitrogen and oxygen atoms in total. The van der Waals surface area contributed by atoms with Crippen LogP contribution in [0.5, 0.6) is 0 Å². The number of H-pyrrole nitrogens is 1. The number of nitriles is 1. The number of carbonyl (C=O) groups excluding carboxylic acids is 1. The zero-order valence-corrected chi connectivity index (χ0v) is 16.8. The Kier molecular flexibility index (Phi) is 5.79. The number of aromatic nitrogens is 3. The molecule has 0 unspecified atom stereocenters. The summed E-state index contributed by atoms with van der Waals surface area (Å²) in [5.41, 5.74) is 1.80. The number of thioether (sulfide) groups is 1. The molecular weight excluding hydrogens is 378 g/mol. The van der Waals surface area contributed by atoms with E-state index in [1.165, 1.54) is 42.3 Å². The number of hydrogen-bond acceptors (Lipinski definition) is 6. The van der Waals surface area contributed by atoms with E-state index in [4.69, 9.17) is 0 Å². The predicted octanol–water partition coefficient (Wildman–Crippen LogP) is 4.08. The van der Waals surface area contributed by atoms with Gasteiger partial charge >= 0.3 is 0 Å². The van der Waals surface area contributed by atoms with Crippen LogP contribution in [0.1, 0.15) is 60.4 Å². The summed E-state index contributed by atoms with van der Waals surface area (Å²) >= 11 is 2.89. The lowest BCUT2D eigenvalue weighted by molar-refractivity contribution is -0.113. The lowest BCUT2D eigenvalue weighted by Crippen LogP contribution is -2.14. The summed E-state index contributed by atoms with van der Waals surface area (Å²) in [6, 6.07) is 2.28. The molecule has 0 saturated heterocycles. The van der Waals surface area contributed by atoms with Crippen molar-refractivity contribution in [3.8, 4) is 6.07 Å². The monoisotopic (exact) mass is 401 g/mol. The van der Waals surface area contributed by atoms with Crippen molar-refractivity contribution < 1.29 is 4.79 Å². The highest BCUT2D eigenvalue weighted by atomic mass is 32.2. The number of aryl methyl sites for hydroxylation is 1. The number of amides is 1. The molecule has 142 valence electrons. The summed E-state index contributed by atoms with van der Waals surface area (Å²) in [5, 5.41) is 20.9. The molecule has 0 aliphatic heterocycles. The Morgan fingerprint density at radius 3 is 2.93 bits per heavy atom. The minimum atomic E-state index is -0.114. The molecule has 8 heteroatoms. The van der Waals surface area contributed by atoms with E-state index in [1.807, 2.05) is 0 Å². The second kappa shape index (κ2) is 8.44. The molecule has 0 spiro atoms. The molecule has 0 atom stereocenters. The van der Waals surface area contributed by atoms with Crippen molar-refractivity contribution >= 4 is 34.0 Å². The number of carbonyl (C=O) groups is 1. The summed E-state index contributed by atoms with van der Waals surface area (Å²) < 4.78 is 0. The Bertz CT molecular complexity index is 860. The Hall–Kier alpha value is -1.85. The first-order valence-electron chi connectivity index (χ1n) is 9.61. The van der Waals surface area contributed by atoms with Crippen LogP contribution in [0.2, 0.25) is 0 Å². The van der Waals surface area contributed by atoms with Crippen LogP contribution in [0.4, 0.5) is 5.00 Å². The number of fused-ring (bicyclic) bond motifs is 1. The number of nitrogens with zero attached hydrogens (tertiary/aromatic N) is 3. The number of nitrogens with one attached hydrogen (secondary N) is 2. The first kappa shape index (κ1) is 18.5. The van der Waals surface area contributed by atoms with E-state index in [0.717, 1.165) is 43.5 Å². The fourth-order valence-corrected chi connectivity index (χ4v) is 5.86. The van der Waals surface area contributed by atoms with Crippen molar-refractivity contribution in [3.05, 3.63) is 21.8 Å². The van der Waals surface area contributed by atoms with Crippen molar-refractivity contribution in [1.29, 1.82) is 5.26 Å². The van der Waals surface area contributed by atoms with Gasteiger partial charge < -0.3 is 5.32 Å². The Morgan fingerprint density at radius 2 is 2.11 bits per heavy atom. The molecule has 27 heavy (non-hydrogen) atoms. The minimum absolute atomic E-state index is 0.114. The van der Waals surface area contributed by atoms with Crippen LogP contribution < -0.4 is 5.32 Å². The topological polar surface area (TPSA) is 94.5 Å². The van der Waals surface area contributed by atoms with Gasteiger partial charge in [-0.2, -0.15) is 5.26 Å². The van der Waals surface area contributed by atoms with Crippen molar-refractivity contribution in [2.45, 2.75) is 62.9 Å². The standard InChI is InChI=1S/C19H23N5OS2/c20-10-14-13-7-3-4-8-15(13)27-18(14)22-17(25)11-26-19-21-16(23-24-19)9-12-5-1-2-6-12/h12H,1-9,11H2,(H,22,25)(H,21,23,24). The first-order chi connectivity index (χ1) is 13.2. The van der Waals surface area contributed by atoms with Crippen LogP contribution in [-0.2, 0) is 24.1 Å². The third kappa shape index (κ3) is 4.36. The van der Waals surface area contributed by atoms with Crippen LogP contribution in [-0.4, -0.2) is 26.8 Å². The quantitative estimate of drug-likeness (QED) is 0.711. The molecule has 0 aromatic carbocycles. The summed E-state index contributed by atoms with van der Waals surface area (Å²) in [4.78, 5) is 18.1. The summed E-state index contributed by atoms with van der Waals surface area (Å²) in [6.45, 7) is 0. The number of rotatable bonds is 6. The Labute approximate surface area is 167 Å². The molecule has 1 saturated carbocycles. The largest absolute Gasteiger partial charge is 0.316 e. The van der Waals surface area contributed by atoms with Crippen LogP contribution in [0.15, 0.2) is 5.16 Å². The molecule has 1 fully saturated rings. The van der Waals surface area contributed by atoms with Gasteiger partial charge in [0.05, 0.1) is 11.3 Å². The van der Waals surface area contributed by atoms with Gasteiger partial charge in [-0.15, -0.1) is 16.4 Å². The normalized spacial score (nSPS) is 16.9. The lowest BCUT2D eigenvalue weighted by Gasteiger charge is -2.09.